The Morgan fingerprint density at radius 2 is 1.74 bits per heavy atom. The zero-order chi connectivity index (χ0) is 20.1. The second-order valence-corrected chi connectivity index (χ2v) is 8.42. The normalized spacial score (nSPS) is 13.2. The summed E-state index contributed by atoms with van der Waals surface area (Å²) in [6.07, 6.45) is -4.79. The molecule has 0 spiro atoms. The average Bonchev–Trinajstić information content (AvgIpc) is 2.60. The zero-order valence-corrected chi connectivity index (χ0v) is 15.5. The van der Waals surface area contributed by atoms with Crippen LogP contribution in [-0.4, -0.2) is 20.1 Å². The first-order valence-electron chi connectivity index (χ1n) is 8.28. The van der Waals surface area contributed by atoms with Crippen LogP contribution >= 0.6 is 0 Å². The van der Waals surface area contributed by atoms with Crippen LogP contribution in [0, 0.1) is 0 Å². The summed E-state index contributed by atoms with van der Waals surface area (Å²) in [6, 6.07) is 13.1. The minimum absolute atomic E-state index is 0.0443. The first-order chi connectivity index (χ1) is 12.6. The maximum atomic E-state index is 12.7. The van der Waals surface area contributed by atoms with Gasteiger partial charge >= 0.3 is 6.18 Å². The first-order valence-corrected chi connectivity index (χ1v) is 10.1. The van der Waals surface area contributed by atoms with Gasteiger partial charge in [-0.25, -0.2) is 8.42 Å². The largest absolute Gasteiger partial charge is 0.416 e. The van der Waals surface area contributed by atoms with E-state index in [4.69, 9.17) is 0 Å². The summed E-state index contributed by atoms with van der Waals surface area (Å²) in [4.78, 5) is 12.0. The van der Waals surface area contributed by atoms with E-state index < -0.39 is 39.0 Å². The zero-order valence-electron chi connectivity index (χ0n) is 14.7. The second-order valence-electron chi connectivity index (χ2n) is 6.24. The number of benzene rings is 2. The SMILES string of the molecule is CC(NC(=O)CCS(=O)(=O)Cc1cccc(C(F)(F)F)c1)c1ccccc1. The third-order valence-electron chi connectivity index (χ3n) is 3.96. The molecule has 146 valence electrons. The summed E-state index contributed by atoms with van der Waals surface area (Å²) in [5, 5.41) is 2.71. The van der Waals surface area contributed by atoms with Gasteiger partial charge in [0.2, 0.25) is 5.91 Å². The van der Waals surface area contributed by atoms with E-state index in [1.807, 2.05) is 30.3 Å². The van der Waals surface area contributed by atoms with Gasteiger partial charge in [-0.1, -0.05) is 48.5 Å². The van der Waals surface area contributed by atoms with Crippen molar-refractivity contribution in [2.24, 2.45) is 0 Å². The molecule has 4 nitrogen and oxygen atoms in total. The van der Waals surface area contributed by atoms with Crippen molar-refractivity contribution in [1.29, 1.82) is 0 Å². The molecule has 0 aromatic heterocycles. The third kappa shape index (κ3) is 6.71. The Balaban J connectivity index is 1.92. The molecule has 1 atom stereocenters. The Morgan fingerprint density at radius 3 is 2.37 bits per heavy atom. The number of carbonyl (C=O) groups excluding carboxylic acids is 1. The molecule has 2 aromatic carbocycles. The molecule has 27 heavy (non-hydrogen) atoms. The molecule has 0 aliphatic carbocycles. The minimum Gasteiger partial charge on any atom is -0.350 e. The molecule has 0 saturated carbocycles. The Bertz CT molecular complexity index is 881. The standard InChI is InChI=1S/C19H20F3NO3S/c1-14(16-7-3-2-4-8-16)23-18(24)10-11-27(25,26)13-15-6-5-9-17(12-15)19(20,21)22/h2-9,12,14H,10-11,13H2,1H3,(H,23,24). The van der Waals surface area contributed by atoms with Crippen molar-refractivity contribution < 1.29 is 26.4 Å². The van der Waals surface area contributed by atoms with Crippen LogP contribution in [0.15, 0.2) is 54.6 Å². The van der Waals surface area contributed by atoms with E-state index in [0.29, 0.717) is 0 Å². The van der Waals surface area contributed by atoms with Gasteiger partial charge in [0.25, 0.3) is 0 Å². The monoisotopic (exact) mass is 399 g/mol. The van der Waals surface area contributed by atoms with Crippen molar-refractivity contribution >= 4 is 15.7 Å². The molecule has 0 aliphatic heterocycles. The molecule has 0 saturated heterocycles. The fourth-order valence-electron chi connectivity index (χ4n) is 2.55. The average molecular weight is 399 g/mol. The molecule has 0 fully saturated rings. The molecule has 2 aromatic rings. The lowest BCUT2D eigenvalue weighted by Gasteiger charge is -2.14. The van der Waals surface area contributed by atoms with E-state index in [-0.39, 0.29) is 18.0 Å². The van der Waals surface area contributed by atoms with Gasteiger partial charge in [0.1, 0.15) is 0 Å². The van der Waals surface area contributed by atoms with Gasteiger partial charge in [-0.15, -0.1) is 0 Å². The first kappa shape index (κ1) is 21.0. The number of hydrogen-bond donors (Lipinski definition) is 1. The maximum Gasteiger partial charge on any atom is 0.416 e. The van der Waals surface area contributed by atoms with E-state index in [0.717, 1.165) is 17.7 Å². The van der Waals surface area contributed by atoms with Crippen LogP contribution in [0.3, 0.4) is 0 Å². The lowest BCUT2D eigenvalue weighted by atomic mass is 10.1. The van der Waals surface area contributed by atoms with E-state index in [1.165, 1.54) is 12.1 Å². The highest BCUT2D eigenvalue weighted by Gasteiger charge is 2.30. The third-order valence-corrected chi connectivity index (χ3v) is 5.56. The van der Waals surface area contributed by atoms with Crippen LogP contribution in [0.1, 0.15) is 36.1 Å². The van der Waals surface area contributed by atoms with Gasteiger partial charge in [0.15, 0.2) is 9.84 Å². The van der Waals surface area contributed by atoms with Gasteiger partial charge in [-0.05, 0) is 24.1 Å². The molecule has 1 amide bonds. The molecule has 1 N–H and O–H groups in total. The van der Waals surface area contributed by atoms with Crippen molar-refractivity contribution in [3.8, 4) is 0 Å². The fraction of sp³-hybridized carbons (Fsp3) is 0.316. The number of amides is 1. The Morgan fingerprint density at radius 1 is 1.07 bits per heavy atom. The predicted octanol–water partition coefficient (Wildman–Crippen LogP) is 3.89. The summed E-state index contributed by atoms with van der Waals surface area (Å²) in [5.41, 5.74) is 0.0326. The van der Waals surface area contributed by atoms with E-state index in [2.05, 4.69) is 5.32 Å². The summed E-state index contributed by atoms with van der Waals surface area (Å²) in [5.74, 6) is -1.41. The summed E-state index contributed by atoms with van der Waals surface area (Å²) >= 11 is 0. The molecule has 1 unspecified atom stereocenters. The molecule has 8 heteroatoms. The van der Waals surface area contributed by atoms with Crippen LogP contribution in [0.5, 0.6) is 0 Å². The number of nitrogens with one attached hydrogen (secondary N) is 1. The van der Waals surface area contributed by atoms with Crippen molar-refractivity contribution in [3.63, 3.8) is 0 Å². The van der Waals surface area contributed by atoms with E-state index in [9.17, 15) is 26.4 Å². The van der Waals surface area contributed by atoms with Crippen molar-refractivity contribution in [2.45, 2.75) is 31.3 Å². The molecule has 0 heterocycles. The fourth-order valence-corrected chi connectivity index (χ4v) is 3.88. The van der Waals surface area contributed by atoms with Crippen molar-refractivity contribution in [1.82, 2.24) is 5.32 Å². The van der Waals surface area contributed by atoms with E-state index in [1.54, 1.807) is 6.92 Å². The smallest absolute Gasteiger partial charge is 0.350 e. The highest BCUT2D eigenvalue weighted by atomic mass is 32.2. The number of hydrogen-bond acceptors (Lipinski definition) is 3. The second kappa shape index (κ2) is 8.56. The van der Waals surface area contributed by atoms with Crippen LogP contribution < -0.4 is 5.32 Å². The molecule has 0 bridgehead atoms. The quantitative estimate of drug-likeness (QED) is 0.768. The number of rotatable bonds is 7. The molecular weight excluding hydrogens is 379 g/mol. The number of alkyl halides is 3. The van der Waals surface area contributed by atoms with E-state index >= 15 is 0 Å². The molecular formula is C19H20F3NO3S. The molecule has 0 aliphatic rings. The Hall–Kier alpha value is -2.35. The topological polar surface area (TPSA) is 63.2 Å². The Labute approximate surface area is 156 Å². The lowest BCUT2D eigenvalue weighted by molar-refractivity contribution is -0.137. The molecule has 0 radical (unpaired) electrons. The van der Waals surface area contributed by atoms with Crippen LogP contribution in [0.2, 0.25) is 0 Å². The van der Waals surface area contributed by atoms with Crippen LogP contribution in [0.4, 0.5) is 13.2 Å². The summed E-state index contributed by atoms with van der Waals surface area (Å²) in [6.45, 7) is 1.78. The summed E-state index contributed by atoms with van der Waals surface area (Å²) in [7, 11) is -3.72. The number of halogens is 3. The van der Waals surface area contributed by atoms with Gasteiger partial charge in [-0.3, -0.25) is 4.79 Å². The summed E-state index contributed by atoms with van der Waals surface area (Å²) < 4.78 is 62.5. The minimum atomic E-state index is -4.53. The van der Waals surface area contributed by atoms with Gasteiger partial charge in [-0.2, -0.15) is 13.2 Å². The number of sulfone groups is 1. The molecule has 2 rings (SSSR count). The maximum absolute atomic E-state index is 12.7. The Kier molecular flexibility index (Phi) is 6.64. The van der Waals surface area contributed by atoms with Gasteiger partial charge in [0.05, 0.1) is 23.1 Å². The lowest BCUT2D eigenvalue weighted by Crippen LogP contribution is -2.28. The predicted molar refractivity (Wildman–Crippen MR) is 96.6 cm³/mol. The van der Waals surface area contributed by atoms with Crippen molar-refractivity contribution in [2.75, 3.05) is 5.75 Å². The van der Waals surface area contributed by atoms with Crippen LogP contribution in [-0.2, 0) is 26.6 Å². The van der Waals surface area contributed by atoms with Crippen molar-refractivity contribution in [3.05, 3.63) is 71.3 Å². The number of carbonyl (C=O) groups is 1. The van der Waals surface area contributed by atoms with Gasteiger partial charge in [0, 0.05) is 6.42 Å². The van der Waals surface area contributed by atoms with Gasteiger partial charge < -0.3 is 5.32 Å². The highest BCUT2D eigenvalue weighted by molar-refractivity contribution is 7.90. The highest BCUT2D eigenvalue weighted by Crippen LogP contribution is 2.29. The van der Waals surface area contributed by atoms with Crippen LogP contribution in [0.25, 0.3) is 0 Å².